The second-order valence-corrected chi connectivity index (χ2v) is 8.90. The van der Waals surface area contributed by atoms with Crippen LogP contribution < -0.4 is 10.0 Å². The number of hydrogen-bond acceptors (Lipinski definition) is 4. The van der Waals surface area contributed by atoms with Gasteiger partial charge in [-0.1, -0.05) is 41.4 Å². The van der Waals surface area contributed by atoms with Crippen molar-refractivity contribution in [2.24, 2.45) is 0 Å². The fourth-order valence-electron chi connectivity index (χ4n) is 2.16. The highest BCUT2D eigenvalue weighted by Gasteiger charge is 2.27. The van der Waals surface area contributed by atoms with Gasteiger partial charge in [0.2, 0.25) is 15.9 Å². The molecular formula is C17H18Cl2N2O3S2. The van der Waals surface area contributed by atoms with E-state index in [1.807, 2.05) is 12.3 Å². The highest BCUT2D eigenvalue weighted by atomic mass is 35.5. The zero-order valence-electron chi connectivity index (χ0n) is 13.9. The van der Waals surface area contributed by atoms with E-state index in [0.717, 1.165) is 0 Å². The van der Waals surface area contributed by atoms with E-state index in [1.54, 1.807) is 24.3 Å². The molecule has 2 aromatic carbocycles. The molecule has 140 valence electrons. The van der Waals surface area contributed by atoms with Crippen molar-refractivity contribution >= 4 is 56.6 Å². The Hall–Kier alpha value is -1.25. The molecule has 0 aromatic heterocycles. The summed E-state index contributed by atoms with van der Waals surface area (Å²) in [5.74, 6) is 0.172. The largest absolute Gasteiger partial charge is 0.325 e. The summed E-state index contributed by atoms with van der Waals surface area (Å²) in [7, 11) is -4.02. The van der Waals surface area contributed by atoms with Gasteiger partial charge in [-0.15, -0.1) is 0 Å². The molecule has 5 nitrogen and oxygen atoms in total. The first-order valence-electron chi connectivity index (χ1n) is 7.65. The summed E-state index contributed by atoms with van der Waals surface area (Å²) in [5.41, 5.74) is 0.589. The highest BCUT2D eigenvalue weighted by molar-refractivity contribution is 7.98. The second-order valence-electron chi connectivity index (χ2n) is 5.39. The van der Waals surface area contributed by atoms with Crippen LogP contribution in [0.4, 0.5) is 5.69 Å². The third-order valence-corrected chi connectivity index (χ3v) is 6.28. The van der Waals surface area contributed by atoms with Gasteiger partial charge in [0.1, 0.15) is 10.9 Å². The van der Waals surface area contributed by atoms with Crippen LogP contribution in [0, 0.1) is 0 Å². The standard InChI is InChI=1S/C17H18Cl2N2O3S2/c1-25-10-9-15(17(22)20-13-5-3-2-4-6-13)21-26(23,24)16-11-12(18)7-8-14(16)19/h2-8,11,15,21H,9-10H2,1H3,(H,20,22)/t15-/m0/s1. The molecule has 0 saturated heterocycles. The van der Waals surface area contributed by atoms with Gasteiger partial charge in [-0.25, -0.2) is 8.42 Å². The third-order valence-electron chi connectivity index (χ3n) is 3.45. The lowest BCUT2D eigenvalue weighted by Crippen LogP contribution is -2.44. The molecular weight excluding hydrogens is 415 g/mol. The average molecular weight is 433 g/mol. The number of rotatable bonds is 8. The van der Waals surface area contributed by atoms with Crippen molar-refractivity contribution in [2.45, 2.75) is 17.4 Å². The van der Waals surface area contributed by atoms with Crippen LogP contribution in [-0.4, -0.2) is 32.4 Å². The minimum atomic E-state index is -4.02. The van der Waals surface area contributed by atoms with Crippen LogP contribution in [0.1, 0.15) is 6.42 Å². The molecule has 1 amide bonds. The average Bonchev–Trinajstić information content (AvgIpc) is 2.61. The maximum absolute atomic E-state index is 12.7. The van der Waals surface area contributed by atoms with Gasteiger partial charge in [-0.05, 0) is 48.8 Å². The normalized spacial score (nSPS) is 12.6. The SMILES string of the molecule is CSCC[C@H](NS(=O)(=O)c1cc(Cl)ccc1Cl)C(=O)Nc1ccccc1. The topological polar surface area (TPSA) is 75.3 Å². The first-order valence-corrected chi connectivity index (χ1v) is 11.3. The number of anilines is 1. The second kappa shape index (κ2) is 9.62. The monoisotopic (exact) mass is 432 g/mol. The zero-order valence-corrected chi connectivity index (χ0v) is 17.1. The van der Waals surface area contributed by atoms with Crippen LogP contribution in [0.5, 0.6) is 0 Å². The molecule has 2 N–H and O–H groups in total. The maximum Gasteiger partial charge on any atom is 0.242 e. The lowest BCUT2D eigenvalue weighted by Gasteiger charge is -2.19. The molecule has 0 aliphatic rings. The summed E-state index contributed by atoms with van der Waals surface area (Å²) in [6, 6.07) is 12.1. The number of carbonyl (C=O) groups excluding carboxylic acids is 1. The molecule has 0 radical (unpaired) electrons. The number of para-hydroxylation sites is 1. The summed E-state index contributed by atoms with van der Waals surface area (Å²) in [4.78, 5) is 12.4. The van der Waals surface area contributed by atoms with Crippen molar-refractivity contribution in [3.8, 4) is 0 Å². The van der Waals surface area contributed by atoms with E-state index in [2.05, 4.69) is 10.0 Å². The summed E-state index contributed by atoms with van der Waals surface area (Å²) in [6.45, 7) is 0. The zero-order chi connectivity index (χ0) is 19.2. The Labute approximate surface area is 167 Å². The van der Waals surface area contributed by atoms with Gasteiger partial charge in [0.25, 0.3) is 0 Å². The highest BCUT2D eigenvalue weighted by Crippen LogP contribution is 2.25. The van der Waals surface area contributed by atoms with Crippen LogP contribution in [-0.2, 0) is 14.8 Å². The number of thioether (sulfide) groups is 1. The first-order chi connectivity index (χ1) is 12.3. The molecule has 0 aliphatic carbocycles. The lowest BCUT2D eigenvalue weighted by atomic mass is 10.2. The summed E-state index contributed by atoms with van der Waals surface area (Å²) in [6.07, 6.45) is 2.21. The van der Waals surface area contributed by atoms with Crippen LogP contribution in [0.25, 0.3) is 0 Å². The molecule has 0 saturated carbocycles. The molecule has 2 rings (SSSR count). The van der Waals surface area contributed by atoms with Gasteiger partial charge in [-0.2, -0.15) is 16.5 Å². The van der Waals surface area contributed by atoms with Gasteiger partial charge in [0.05, 0.1) is 5.02 Å². The summed E-state index contributed by atoms with van der Waals surface area (Å²) >= 11 is 13.4. The van der Waals surface area contributed by atoms with Gasteiger partial charge < -0.3 is 5.32 Å². The Morgan fingerprint density at radius 1 is 1.15 bits per heavy atom. The Morgan fingerprint density at radius 3 is 2.50 bits per heavy atom. The molecule has 0 spiro atoms. The van der Waals surface area contributed by atoms with Gasteiger partial charge in [-0.3, -0.25) is 4.79 Å². The van der Waals surface area contributed by atoms with E-state index in [-0.39, 0.29) is 14.9 Å². The molecule has 0 fully saturated rings. The Morgan fingerprint density at radius 2 is 1.85 bits per heavy atom. The Kier molecular flexibility index (Phi) is 7.79. The molecule has 26 heavy (non-hydrogen) atoms. The van der Waals surface area contributed by atoms with E-state index < -0.39 is 22.0 Å². The smallest absolute Gasteiger partial charge is 0.242 e. The molecule has 2 aromatic rings. The Bertz CT molecular complexity index is 862. The Balaban J connectivity index is 2.23. The number of hydrogen-bond donors (Lipinski definition) is 2. The molecule has 1 atom stereocenters. The van der Waals surface area contributed by atoms with Crippen molar-refractivity contribution < 1.29 is 13.2 Å². The third kappa shape index (κ3) is 5.89. The fourth-order valence-corrected chi connectivity index (χ4v) is 4.63. The number of nitrogens with one attached hydrogen (secondary N) is 2. The van der Waals surface area contributed by atoms with E-state index in [4.69, 9.17) is 23.2 Å². The van der Waals surface area contributed by atoms with Gasteiger partial charge in [0, 0.05) is 10.7 Å². The van der Waals surface area contributed by atoms with Gasteiger partial charge in [0.15, 0.2) is 0 Å². The number of amides is 1. The van der Waals surface area contributed by atoms with Crippen LogP contribution in [0.2, 0.25) is 10.0 Å². The van der Waals surface area contributed by atoms with Crippen molar-refractivity contribution in [3.63, 3.8) is 0 Å². The maximum atomic E-state index is 12.7. The quantitative estimate of drug-likeness (QED) is 0.659. The van der Waals surface area contributed by atoms with Crippen molar-refractivity contribution in [1.29, 1.82) is 0 Å². The van der Waals surface area contributed by atoms with Crippen LogP contribution in [0.15, 0.2) is 53.4 Å². The summed E-state index contributed by atoms with van der Waals surface area (Å²) in [5, 5.41) is 2.99. The van der Waals surface area contributed by atoms with Crippen molar-refractivity contribution in [2.75, 3.05) is 17.3 Å². The number of benzene rings is 2. The predicted octanol–water partition coefficient (Wildman–Crippen LogP) is 4.03. The lowest BCUT2D eigenvalue weighted by molar-refractivity contribution is -0.117. The molecule has 0 unspecified atom stereocenters. The van der Waals surface area contributed by atoms with Gasteiger partial charge >= 0.3 is 0 Å². The number of sulfonamides is 1. The molecule has 0 aliphatic heterocycles. The number of carbonyl (C=O) groups is 1. The van der Waals surface area contributed by atoms with E-state index in [0.29, 0.717) is 17.9 Å². The van der Waals surface area contributed by atoms with E-state index in [1.165, 1.54) is 30.0 Å². The van der Waals surface area contributed by atoms with Crippen LogP contribution in [0.3, 0.4) is 0 Å². The minimum absolute atomic E-state index is 0.0361. The molecule has 0 bridgehead atoms. The molecule has 9 heteroatoms. The fraction of sp³-hybridized carbons (Fsp3) is 0.235. The summed E-state index contributed by atoms with van der Waals surface area (Å²) < 4.78 is 27.8. The molecule has 0 heterocycles. The van der Waals surface area contributed by atoms with E-state index >= 15 is 0 Å². The van der Waals surface area contributed by atoms with E-state index in [9.17, 15) is 13.2 Å². The van der Waals surface area contributed by atoms with Crippen molar-refractivity contribution in [3.05, 3.63) is 58.6 Å². The predicted molar refractivity (Wildman–Crippen MR) is 109 cm³/mol. The van der Waals surface area contributed by atoms with Crippen LogP contribution >= 0.6 is 35.0 Å². The van der Waals surface area contributed by atoms with Crippen molar-refractivity contribution in [1.82, 2.24) is 4.72 Å². The number of halogens is 2. The minimum Gasteiger partial charge on any atom is -0.325 e. The first kappa shape index (κ1) is 21.1.